The number of aliphatic hydroxyl groups is 4. The highest BCUT2D eigenvalue weighted by atomic mass is 16.7. The molecule has 1 aromatic carbocycles. The summed E-state index contributed by atoms with van der Waals surface area (Å²) in [5, 5.41) is 44.3. The van der Waals surface area contributed by atoms with Crippen molar-refractivity contribution in [2.75, 3.05) is 19.8 Å². The highest BCUT2D eigenvalue weighted by Crippen LogP contribution is 2.34. The summed E-state index contributed by atoms with van der Waals surface area (Å²) in [5.74, 6) is -2.21. The van der Waals surface area contributed by atoms with Crippen LogP contribution in [0.3, 0.4) is 0 Å². The Labute approximate surface area is 243 Å². The smallest absolute Gasteiger partial charge is 0.220 e. The van der Waals surface area contributed by atoms with E-state index in [1.807, 2.05) is 6.92 Å². The molecule has 0 spiro atoms. The minimum Gasteiger partial charge on any atom is -0.394 e. The van der Waals surface area contributed by atoms with E-state index in [0.717, 1.165) is 25.7 Å². The summed E-state index contributed by atoms with van der Waals surface area (Å²) in [6.07, 6.45) is 2.19. The summed E-state index contributed by atoms with van der Waals surface area (Å²) in [7, 11) is 0. The molecule has 0 saturated carbocycles. The molecular formula is C31H49NO9. The number of ether oxygens (including phenoxy) is 3. The number of rotatable bonds is 16. The van der Waals surface area contributed by atoms with Crippen LogP contribution in [0, 0.1) is 11.8 Å². The number of benzene rings is 1. The van der Waals surface area contributed by atoms with Crippen LogP contribution in [-0.4, -0.2) is 94.8 Å². The van der Waals surface area contributed by atoms with Crippen LogP contribution in [0.15, 0.2) is 30.3 Å². The van der Waals surface area contributed by atoms with E-state index in [-0.39, 0.29) is 25.0 Å². The zero-order valence-electron chi connectivity index (χ0n) is 24.4. The molecule has 1 aromatic rings. The second-order valence-electron chi connectivity index (χ2n) is 11.4. The molecule has 4 unspecified atom stereocenters. The van der Waals surface area contributed by atoms with Crippen LogP contribution in [0.4, 0.5) is 0 Å². The normalized spacial score (nSPS) is 32.0. The number of hydrogen-bond acceptors (Lipinski definition) is 9. The Morgan fingerprint density at radius 1 is 0.927 bits per heavy atom. The molecule has 232 valence electrons. The fraction of sp³-hybridized carbons (Fsp3) is 0.742. The van der Waals surface area contributed by atoms with Crippen molar-refractivity contribution in [3.63, 3.8) is 0 Å². The third kappa shape index (κ3) is 9.28. The third-order valence-corrected chi connectivity index (χ3v) is 8.19. The first-order valence-electron chi connectivity index (χ1n) is 15.2. The summed E-state index contributed by atoms with van der Waals surface area (Å²) < 4.78 is 18.0. The van der Waals surface area contributed by atoms with Crippen molar-refractivity contribution < 1.29 is 44.2 Å². The van der Waals surface area contributed by atoms with Crippen LogP contribution in [0.2, 0.25) is 0 Å². The highest BCUT2D eigenvalue weighted by molar-refractivity contribution is 5.98. The molecule has 10 nitrogen and oxygen atoms in total. The first-order valence-corrected chi connectivity index (χ1v) is 15.2. The quantitative estimate of drug-likeness (QED) is 0.147. The average Bonchev–Trinajstić information content (AvgIpc) is 2.98. The van der Waals surface area contributed by atoms with E-state index in [2.05, 4.69) is 12.2 Å². The van der Waals surface area contributed by atoms with E-state index in [9.17, 15) is 30.0 Å². The van der Waals surface area contributed by atoms with Crippen molar-refractivity contribution in [3.05, 3.63) is 35.9 Å². The summed E-state index contributed by atoms with van der Waals surface area (Å²) >= 11 is 0. The van der Waals surface area contributed by atoms with Crippen LogP contribution < -0.4 is 5.32 Å². The van der Waals surface area contributed by atoms with Crippen LogP contribution in [0.25, 0.3) is 0 Å². The minimum atomic E-state index is -1.56. The number of carbonyl (C=O) groups is 2. The van der Waals surface area contributed by atoms with Crippen molar-refractivity contribution in [2.24, 2.45) is 11.8 Å². The number of carbonyl (C=O) groups excluding carboxylic acids is 2. The Hall–Kier alpha value is -1.92. The molecule has 9 atom stereocenters. The number of amides is 1. The first-order chi connectivity index (χ1) is 19.8. The predicted octanol–water partition coefficient (Wildman–Crippen LogP) is 2.35. The molecule has 0 aliphatic carbocycles. The zero-order chi connectivity index (χ0) is 29.8. The lowest BCUT2D eigenvalue weighted by Crippen LogP contribution is -2.64. The summed E-state index contributed by atoms with van der Waals surface area (Å²) in [5.41, 5.74) is 0.312. The average molecular weight is 580 g/mol. The molecule has 2 aliphatic heterocycles. The van der Waals surface area contributed by atoms with Gasteiger partial charge < -0.3 is 40.0 Å². The largest absolute Gasteiger partial charge is 0.394 e. The highest BCUT2D eigenvalue weighted by Gasteiger charge is 2.51. The topological polar surface area (TPSA) is 155 Å². The van der Waals surface area contributed by atoms with Gasteiger partial charge in [0.15, 0.2) is 12.1 Å². The zero-order valence-corrected chi connectivity index (χ0v) is 24.4. The second kappa shape index (κ2) is 17.3. The minimum absolute atomic E-state index is 0.184. The van der Waals surface area contributed by atoms with Gasteiger partial charge in [0.2, 0.25) is 5.91 Å². The molecule has 41 heavy (non-hydrogen) atoms. The van der Waals surface area contributed by atoms with E-state index in [1.54, 1.807) is 30.3 Å². The van der Waals surface area contributed by atoms with Crippen LogP contribution in [0.5, 0.6) is 0 Å². The van der Waals surface area contributed by atoms with Crippen LogP contribution in [0.1, 0.15) is 82.0 Å². The molecule has 1 amide bonds. The lowest BCUT2D eigenvalue weighted by molar-refractivity contribution is -0.302. The number of aliphatic hydroxyl groups excluding tert-OH is 4. The van der Waals surface area contributed by atoms with Crippen molar-refractivity contribution in [3.8, 4) is 0 Å². The van der Waals surface area contributed by atoms with E-state index in [0.29, 0.717) is 12.0 Å². The molecule has 2 saturated heterocycles. The number of nitrogens with one attached hydrogen (secondary N) is 1. The van der Waals surface area contributed by atoms with Gasteiger partial charge in [-0.05, 0) is 6.42 Å². The Kier molecular flexibility index (Phi) is 14.1. The van der Waals surface area contributed by atoms with Crippen molar-refractivity contribution in [1.82, 2.24) is 5.32 Å². The van der Waals surface area contributed by atoms with Crippen LogP contribution in [-0.2, 0) is 19.0 Å². The summed E-state index contributed by atoms with van der Waals surface area (Å²) in [6.45, 7) is 3.35. The molecule has 3 rings (SSSR count). The molecule has 0 aromatic heterocycles. The van der Waals surface area contributed by atoms with Crippen molar-refractivity contribution in [2.45, 2.75) is 114 Å². The van der Waals surface area contributed by atoms with E-state index < -0.39 is 61.2 Å². The van der Waals surface area contributed by atoms with Gasteiger partial charge in [-0.25, -0.2) is 0 Å². The molecule has 0 bridgehead atoms. The molecule has 2 heterocycles. The Morgan fingerprint density at radius 2 is 1.56 bits per heavy atom. The predicted molar refractivity (Wildman–Crippen MR) is 152 cm³/mol. The molecule has 5 N–H and O–H groups in total. The molecule has 10 heteroatoms. The number of unbranched alkanes of at least 4 members (excludes halogenated alkanes) is 7. The van der Waals surface area contributed by atoms with Gasteiger partial charge in [0.05, 0.1) is 38.1 Å². The molecule has 2 aliphatic rings. The van der Waals surface area contributed by atoms with E-state index in [1.165, 1.54) is 25.7 Å². The van der Waals surface area contributed by atoms with E-state index >= 15 is 0 Å². The van der Waals surface area contributed by atoms with Gasteiger partial charge in [0.25, 0.3) is 0 Å². The van der Waals surface area contributed by atoms with Crippen molar-refractivity contribution >= 4 is 11.7 Å². The van der Waals surface area contributed by atoms with Gasteiger partial charge in [-0.2, -0.15) is 0 Å². The van der Waals surface area contributed by atoms with Crippen molar-refractivity contribution in [1.29, 1.82) is 0 Å². The Balaban J connectivity index is 1.71. The maximum Gasteiger partial charge on any atom is 0.220 e. The second-order valence-corrected chi connectivity index (χ2v) is 11.4. The molecular weight excluding hydrogens is 530 g/mol. The fourth-order valence-corrected chi connectivity index (χ4v) is 5.70. The van der Waals surface area contributed by atoms with Gasteiger partial charge in [-0.3, -0.25) is 9.59 Å². The number of ketones is 1. The SMILES string of the molecule is CCCCCCCCCCC(=O)N[C@H]1C(CO)OCC(C)[C@H]1O[C@H]1OC(CO)[C@H](O)[C@H](O)C1C(=O)c1ccccc1. The third-order valence-electron chi connectivity index (χ3n) is 8.19. The van der Waals surface area contributed by atoms with Gasteiger partial charge in [-0.15, -0.1) is 0 Å². The fourth-order valence-electron chi connectivity index (χ4n) is 5.70. The first kappa shape index (κ1) is 33.6. The van der Waals surface area contributed by atoms with Gasteiger partial charge in [0, 0.05) is 17.9 Å². The maximum absolute atomic E-state index is 13.5. The van der Waals surface area contributed by atoms with Crippen LogP contribution >= 0.6 is 0 Å². The number of Topliss-reactive ketones (excluding diaryl/α,β-unsaturated/α-hetero) is 1. The van der Waals surface area contributed by atoms with Gasteiger partial charge >= 0.3 is 0 Å². The monoisotopic (exact) mass is 579 g/mol. The molecule has 0 radical (unpaired) electrons. The Bertz CT molecular complexity index is 916. The molecule has 2 fully saturated rings. The lowest BCUT2D eigenvalue weighted by atomic mass is 9.84. The maximum atomic E-state index is 13.5. The standard InChI is InChI=1S/C31H49NO9/c1-3-4-5-6-7-8-9-13-16-24(35)32-26-22(17-33)39-19-20(2)30(26)41-31-25(27(36)21-14-11-10-12-15-21)29(38)28(37)23(18-34)40-31/h10-12,14-15,20,22-23,25-26,28-31,33-34,37-38H,3-9,13,16-19H2,1-2H3,(H,32,35)/t20?,22?,23?,25?,26-,28-,29+,30+,31+/m0/s1. The number of hydrogen-bond donors (Lipinski definition) is 5. The Morgan fingerprint density at radius 3 is 2.20 bits per heavy atom. The van der Waals surface area contributed by atoms with Gasteiger partial charge in [0.1, 0.15) is 24.2 Å². The van der Waals surface area contributed by atoms with E-state index in [4.69, 9.17) is 14.2 Å². The summed E-state index contributed by atoms with van der Waals surface area (Å²) in [4.78, 5) is 26.4. The summed E-state index contributed by atoms with van der Waals surface area (Å²) in [6, 6.07) is 7.60. The lowest BCUT2D eigenvalue weighted by Gasteiger charge is -2.47. The van der Waals surface area contributed by atoms with Gasteiger partial charge in [-0.1, -0.05) is 89.1 Å².